The van der Waals surface area contributed by atoms with Crippen LogP contribution in [-0.2, 0) is 9.53 Å². The Morgan fingerprint density at radius 2 is 1.74 bits per heavy atom. The van der Waals surface area contributed by atoms with Gasteiger partial charge in [0.05, 0.1) is 5.02 Å². The van der Waals surface area contributed by atoms with Crippen LogP contribution in [0.25, 0.3) is 0 Å². The van der Waals surface area contributed by atoms with Crippen LogP contribution >= 0.6 is 35.6 Å². The molecule has 0 radical (unpaired) electrons. The van der Waals surface area contributed by atoms with E-state index in [2.05, 4.69) is 13.8 Å². The Bertz CT molecular complexity index is 580. The van der Waals surface area contributed by atoms with Crippen molar-refractivity contribution in [2.45, 2.75) is 72.1 Å². The van der Waals surface area contributed by atoms with Gasteiger partial charge >= 0.3 is 5.97 Å². The van der Waals surface area contributed by atoms with Gasteiger partial charge in [0.2, 0.25) is 0 Å². The van der Waals surface area contributed by atoms with Gasteiger partial charge in [0.15, 0.2) is 0 Å². The van der Waals surface area contributed by atoms with Crippen molar-refractivity contribution < 1.29 is 14.3 Å². The van der Waals surface area contributed by atoms with Crippen molar-refractivity contribution in [1.29, 1.82) is 0 Å². The maximum Gasteiger partial charge on any atom is 0.323 e. The van der Waals surface area contributed by atoms with Gasteiger partial charge in [-0.25, -0.2) is 0 Å². The van der Waals surface area contributed by atoms with Crippen LogP contribution in [0.1, 0.15) is 53.9 Å². The summed E-state index contributed by atoms with van der Waals surface area (Å²) < 4.78 is 11.8. The van der Waals surface area contributed by atoms with Gasteiger partial charge in [-0.1, -0.05) is 50.9 Å². The molecule has 0 unspecified atom stereocenters. The van der Waals surface area contributed by atoms with E-state index >= 15 is 0 Å². The molecule has 0 aliphatic carbocycles. The molecular weight excluding hydrogens is 409 g/mol. The maximum absolute atomic E-state index is 12.3. The lowest BCUT2D eigenvalue weighted by molar-refractivity contribution is -0.156. The molecule has 3 atom stereocenters. The Morgan fingerprint density at radius 3 is 2.22 bits per heavy atom. The second-order valence-electron chi connectivity index (χ2n) is 7.11. The van der Waals surface area contributed by atoms with Crippen molar-refractivity contribution in [3.63, 3.8) is 0 Å². The fourth-order valence-corrected chi connectivity index (χ4v) is 3.44. The van der Waals surface area contributed by atoms with E-state index in [1.54, 1.807) is 18.2 Å². The van der Waals surface area contributed by atoms with Crippen molar-refractivity contribution in [3.8, 4) is 5.75 Å². The Morgan fingerprint density at radius 1 is 1.15 bits per heavy atom. The number of carbonyl (C=O) groups is 1. The number of ether oxygens (including phenoxy) is 2. The zero-order chi connectivity index (χ0) is 19.9. The van der Waals surface area contributed by atoms with Crippen LogP contribution in [0.4, 0.5) is 0 Å². The topological polar surface area (TPSA) is 61.5 Å². The van der Waals surface area contributed by atoms with Crippen LogP contribution in [0.5, 0.6) is 5.75 Å². The summed E-state index contributed by atoms with van der Waals surface area (Å²) in [4.78, 5) is 12.3. The summed E-state index contributed by atoms with van der Waals surface area (Å²) >= 11 is 12.2. The highest BCUT2D eigenvalue weighted by Gasteiger charge is 2.31. The van der Waals surface area contributed by atoms with Crippen LogP contribution in [0.2, 0.25) is 10.0 Å². The van der Waals surface area contributed by atoms with Crippen LogP contribution < -0.4 is 10.5 Å². The van der Waals surface area contributed by atoms with E-state index < -0.39 is 18.1 Å². The second-order valence-corrected chi connectivity index (χ2v) is 7.96. The molecule has 0 aromatic heterocycles. The first-order chi connectivity index (χ1) is 12.2. The Kier molecular flexibility index (Phi) is 12.4. The molecule has 0 spiro atoms. The summed E-state index contributed by atoms with van der Waals surface area (Å²) in [5.74, 6) is 0.674. The van der Waals surface area contributed by atoms with Gasteiger partial charge in [0, 0.05) is 5.02 Å². The third kappa shape index (κ3) is 8.47. The van der Waals surface area contributed by atoms with Crippen LogP contribution in [0, 0.1) is 11.8 Å². The largest absolute Gasteiger partial charge is 0.485 e. The lowest BCUT2D eigenvalue weighted by Crippen LogP contribution is -2.43. The van der Waals surface area contributed by atoms with Crippen LogP contribution in [0.15, 0.2) is 18.2 Å². The Balaban J connectivity index is 0.00000676. The number of hydrogen-bond acceptors (Lipinski definition) is 4. The SMILES string of the molecule is CCC(CC)[C@H](Oc1ccc(Cl)cc1Cl)[C@H](C)OC(=O)[C@@H](N)CC(C)C.Cl. The zero-order valence-electron chi connectivity index (χ0n) is 16.7. The van der Waals surface area contributed by atoms with Gasteiger partial charge in [0.1, 0.15) is 24.0 Å². The molecule has 1 aromatic rings. The van der Waals surface area contributed by atoms with E-state index in [0.29, 0.717) is 28.1 Å². The minimum Gasteiger partial charge on any atom is -0.485 e. The first-order valence-corrected chi connectivity index (χ1v) is 10.0. The summed E-state index contributed by atoms with van der Waals surface area (Å²) in [6, 6.07) is 4.47. The molecule has 0 bridgehead atoms. The molecule has 1 rings (SSSR count). The second kappa shape index (κ2) is 12.7. The number of nitrogens with two attached hydrogens (primary N) is 1. The summed E-state index contributed by atoms with van der Waals surface area (Å²) in [7, 11) is 0. The molecule has 27 heavy (non-hydrogen) atoms. The molecule has 156 valence electrons. The standard InChI is InChI=1S/C20H31Cl2NO3.ClH/c1-6-14(7-2)19(26-18-9-8-15(21)11-16(18)22)13(5)25-20(24)17(23)10-12(3)4;/h8-9,11-14,17,19H,6-7,10,23H2,1-5H3;1H/t13-,17-,19+;/m0./s1. The molecule has 4 nitrogen and oxygen atoms in total. The predicted octanol–water partition coefficient (Wildman–Crippen LogP) is 5.90. The predicted molar refractivity (Wildman–Crippen MR) is 115 cm³/mol. The van der Waals surface area contributed by atoms with E-state index in [4.69, 9.17) is 38.4 Å². The average molecular weight is 441 g/mol. The van der Waals surface area contributed by atoms with Crippen molar-refractivity contribution in [2.75, 3.05) is 0 Å². The minimum atomic E-state index is -0.626. The monoisotopic (exact) mass is 439 g/mol. The highest BCUT2D eigenvalue weighted by molar-refractivity contribution is 6.35. The summed E-state index contributed by atoms with van der Waals surface area (Å²) in [6.07, 6.45) is 1.61. The van der Waals surface area contributed by atoms with Crippen LogP contribution in [0.3, 0.4) is 0 Å². The number of benzene rings is 1. The summed E-state index contributed by atoms with van der Waals surface area (Å²) in [5.41, 5.74) is 5.95. The molecule has 2 N–H and O–H groups in total. The van der Waals surface area contributed by atoms with E-state index in [-0.39, 0.29) is 24.4 Å². The molecule has 0 fully saturated rings. The van der Waals surface area contributed by atoms with Crippen LogP contribution in [-0.4, -0.2) is 24.2 Å². The highest BCUT2D eigenvalue weighted by Crippen LogP contribution is 2.31. The third-order valence-electron chi connectivity index (χ3n) is 4.46. The van der Waals surface area contributed by atoms with Crippen molar-refractivity contribution in [1.82, 2.24) is 0 Å². The molecule has 0 aliphatic heterocycles. The smallest absolute Gasteiger partial charge is 0.323 e. The summed E-state index contributed by atoms with van der Waals surface area (Å²) in [6.45, 7) is 10.1. The zero-order valence-corrected chi connectivity index (χ0v) is 19.0. The van der Waals surface area contributed by atoms with Crippen molar-refractivity contribution in [3.05, 3.63) is 28.2 Å². The van der Waals surface area contributed by atoms with Gasteiger partial charge in [-0.15, -0.1) is 12.4 Å². The molecule has 1 aromatic carbocycles. The minimum absolute atomic E-state index is 0. The van der Waals surface area contributed by atoms with Crippen molar-refractivity contribution >= 4 is 41.6 Å². The third-order valence-corrected chi connectivity index (χ3v) is 4.99. The first kappa shape index (κ1) is 26.3. The number of esters is 1. The van der Waals surface area contributed by atoms with Gasteiger partial charge < -0.3 is 15.2 Å². The number of carbonyl (C=O) groups excluding carboxylic acids is 1. The lowest BCUT2D eigenvalue weighted by Gasteiger charge is -2.32. The molecule has 0 saturated heterocycles. The fourth-order valence-electron chi connectivity index (χ4n) is 2.99. The average Bonchev–Trinajstić information content (AvgIpc) is 2.56. The Labute approximate surface area is 179 Å². The van der Waals surface area contributed by atoms with E-state index in [9.17, 15) is 4.79 Å². The molecule has 7 heteroatoms. The number of hydrogen-bond donors (Lipinski definition) is 1. The molecule has 0 heterocycles. The number of rotatable bonds is 10. The van der Waals surface area contributed by atoms with Gasteiger partial charge in [-0.3, -0.25) is 4.79 Å². The van der Waals surface area contributed by atoms with Crippen molar-refractivity contribution in [2.24, 2.45) is 17.6 Å². The van der Waals surface area contributed by atoms with Gasteiger partial charge in [-0.2, -0.15) is 0 Å². The quantitative estimate of drug-likeness (QED) is 0.460. The molecule has 0 amide bonds. The van der Waals surface area contributed by atoms with E-state index in [0.717, 1.165) is 12.8 Å². The lowest BCUT2D eigenvalue weighted by atomic mass is 9.93. The fraction of sp³-hybridized carbons (Fsp3) is 0.650. The molecule has 0 saturated carbocycles. The van der Waals surface area contributed by atoms with E-state index in [1.165, 1.54) is 0 Å². The highest BCUT2D eigenvalue weighted by atomic mass is 35.5. The number of halogens is 3. The maximum atomic E-state index is 12.3. The molecule has 0 aliphatic rings. The van der Waals surface area contributed by atoms with Gasteiger partial charge in [0.25, 0.3) is 0 Å². The Hall–Kier alpha value is -0.680. The van der Waals surface area contributed by atoms with E-state index in [1.807, 2.05) is 20.8 Å². The van der Waals surface area contributed by atoms with Gasteiger partial charge in [-0.05, 0) is 56.2 Å². The first-order valence-electron chi connectivity index (χ1n) is 9.27. The molecular formula is C20H32Cl3NO3. The normalized spacial score (nSPS) is 14.4. The summed E-state index contributed by atoms with van der Waals surface area (Å²) in [5, 5.41) is 0.976.